The first-order chi connectivity index (χ1) is 17.5. The molecule has 9 heteroatoms. The van der Waals surface area contributed by atoms with Gasteiger partial charge in [0, 0.05) is 45.3 Å². The second kappa shape index (κ2) is 9.44. The fourth-order valence-corrected chi connectivity index (χ4v) is 5.77. The first-order valence-electron chi connectivity index (χ1n) is 13.0. The zero-order chi connectivity index (χ0) is 24.3. The van der Waals surface area contributed by atoms with Gasteiger partial charge in [-0.15, -0.1) is 0 Å². The number of hydrogen-bond acceptors (Lipinski definition) is 8. The molecular weight excluding hydrogens is 484 g/mol. The lowest BCUT2D eigenvalue weighted by Gasteiger charge is -2.47. The molecular formula is C28H40N6O2S. The Balaban J connectivity index is 0.00000110. The molecule has 0 radical (unpaired) electrons. The van der Waals surface area contributed by atoms with Crippen molar-refractivity contribution in [3.63, 3.8) is 0 Å². The lowest BCUT2D eigenvalue weighted by atomic mass is 9.89. The SMILES string of the molecule is C.O=C(Cc1ccc(Sc2nc(Nc3cc(C4CC4)[nH]n3)cc(N3CC(O)(C4CC4)C3)n2)cc1)C1CC1.[HH].[HH].[HH]. The quantitative estimate of drug-likeness (QED) is 0.285. The predicted molar refractivity (Wildman–Crippen MR) is 151 cm³/mol. The smallest absolute Gasteiger partial charge is 0.196 e. The van der Waals surface area contributed by atoms with Crippen molar-refractivity contribution in [3.05, 3.63) is 47.7 Å². The number of rotatable bonds is 10. The van der Waals surface area contributed by atoms with Gasteiger partial charge in [0.1, 0.15) is 23.0 Å². The van der Waals surface area contributed by atoms with Gasteiger partial charge in [-0.05, 0) is 73.9 Å². The third-order valence-corrected chi connectivity index (χ3v) is 8.57. The van der Waals surface area contributed by atoms with E-state index in [9.17, 15) is 9.90 Å². The Labute approximate surface area is 226 Å². The molecule has 1 aliphatic heterocycles. The number of carbonyl (C=O) groups excluding carboxylic acids is 1. The normalized spacial score (nSPS) is 20.2. The number of nitrogens with one attached hydrogen (secondary N) is 2. The van der Waals surface area contributed by atoms with Crippen molar-refractivity contribution < 1.29 is 14.2 Å². The molecule has 0 unspecified atom stereocenters. The number of aromatic nitrogens is 4. The molecule has 4 fully saturated rings. The molecule has 1 saturated heterocycles. The summed E-state index contributed by atoms with van der Waals surface area (Å²) in [5.74, 6) is 3.91. The fourth-order valence-electron chi connectivity index (χ4n) is 5.01. The van der Waals surface area contributed by atoms with Gasteiger partial charge in [0.15, 0.2) is 11.0 Å². The summed E-state index contributed by atoms with van der Waals surface area (Å²) < 4.78 is 0. The monoisotopic (exact) mass is 524 g/mol. The van der Waals surface area contributed by atoms with Crippen LogP contribution in [0.15, 0.2) is 46.5 Å². The minimum Gasteiger partial charge on any atom is -0.386 e. The number of hydrogen-bond donors (Lipinski definition) is 3. The summed E-state index contributed by atoms with van der Waals surface area (Å²) in [6.07, 6.45) is 7.28. The molecule has 3 N–H and O–H groups in total. The molecule has 0 atom stereocenters. The lowest BCUT2D eigenvalue weighted by Crippen LogP contribution is -2.63. The van der Waals surface area contributed by atoms with Gasteiger partial charge in [-0.3, -0.25) is 9.89 Å². The van der Waals surface area contributed by atoms with Crippen LogP contribution in [0.25, 0.3) is 0 Å². The van der Waals surface area contributed by atoms with Crippen molar-refractivity contribution in [2.24, 2.45) is 11.8 Å². The molecule has 4 aliphatic rings. The van der Waals surface area contributed by atoms with Crippen LogP contribution in [0.2, 0.25) is 0 Å². The minimum absolute atomic E-state index is 0. The molecule has 2 aromatic heterocycles. The average molecular weight is 525 g/mol. The maximum absolute atomic E-state index is 12.1. The number of Topliss-reactive ketones (excluding diaryl/α,β-unsaturated/α-hetero) is 1. The first kappa shape index (κ1) is 24.4. The van der Waals surface area contributed by atoms with Gasteiger partial charge in [0.05, 0.1) is 13.1 Å². The minimum atomic E-state index is -0.582. The van der Waals surface area contributed by atoms with Crippen molar-refractivity contribution in [1.29, 1.82) is 0 Å². The van der Waals surface area contributed by atoms with E-state index in [4.69, 9.17) is 9.97 Å². The summed E-state index contributed by atoms with van der Waals surface area (Å²) in [6.45, 7) is 1.21. The summed E-state index contributed by atoms with van der Waals surface area (Å²) in [4.78, 5) is 24.9. The maximum atomic E-state index is 12.1. The number of β-amino-alcohol motifs (C(OH)–C–C–N with tert-alkyl or cyclic N) is 1. The van der Waals surface area contributed by atoms with Crippen molar-refractivity contribution in [3.8, 4) is 0 Å². The van der Waals surface area contributed by atoms with E-state index in [1.807, 2.05) is 30.3 Å². The van der Waals surface area contributed by atoms with E-state index in [-0.39, 0.29) is 17.6 Å². The van der Waals surface area contributed by atoms with Gasteiger partial charge >= 0.3 is 0 Å². The molecule has 0 amide bonds. The van der Waals surface area contributed by atoms with Crippen LogP contribution >= 0.6 is 11.8 Å². The largest absolute Gasteiger partial charge is 0.386 e. The molecule has 8 nitrogen and oxygen atoms in total. The standard InChI is InChI=1S/C27H30N6O2S.CH4.3H2/c34-22(18-5-6-18)11-16-1-9-20(10-2-16)36-26-29-23(28-24-12-21(31-32-24)17-3-4-17)13-25(30-26)33-14-27(35,15-33)19-7-8-19;;;;/h1-2,9-10,12-13,17-19,35H,3-8,11,14-15H2,(H2,28,29,30,31,32);1H4;3*1H. The van der Waals surface area contributed by atoms with Gasteiger partial charge in [-0.25, -0.2) is 9.97 Å². The Kier molecular flexibility index (Phi) is 6.23. The second-order valence-corrected chi connectivity index (χ2v) is 11.9. The van der Waals surface area contributed by atoms with Crippen LogP contribution in [-0.4, -0.2) is 49.7 Å². The number of carbonyl (C=O) groups is 1. The first-order valence-corrected chi connectivity index (χ1v) is 13.8. The molecule has 0 bridgehead atoms. The Hall–Kier alpha value is -2.91. The number of aliphatic hydroxyl groups is 1. The molecule has 7 rings (SSSR count). The Morgan fingerprint density at radius 1 is 1.08 bits per heavy atom. The number of aromatic amines is 1. The summed E-state index contributed by atoms with van der Waals surface area (Å²) in [6, 6.07) is 12.1. The third kappa shape index (κ3) is 5.38. The third-order valence-electron chi connectivity index (χ3n) is 7.70. The number of anilines is 3. The van der Waals surface area contributed by atoms with Crippen molar-refractivity contribution in [2.45, 2.75) is 73.9 Å². The molecule has 37 heavy (non-hydrogen) atoms. The van der Waals surface area contributed by atoms with E-state index in [1.54, 1.807) is 0 Å². The van der Waals surface area contributed by atoms with Gasteiger partial charge < -0.3 is 15.3 Å². The highest BCUT2D eigenvalue weighted by Crippen LogP contribution is 2.46. The number of ketones is 1. The molecule has 3 aliphatic carbocycles. The highest BCUT2D eigenvalue weighted by atomic mass is 32.2. The van der Waals surface area contributed by atoms with Crippen LogP contribution in [0, 0.1) is 11.8 Å². The molecule has 3 saturated carbocycles. The Bertz CT molecular complexity index is 1310. The van der Waals surface area contributed by atoms with Crippen LogP contribution < -0.4 is 10.2 Å². The zero-order valence-electron chi connectivity index (χ0n) is 20.1. The highest BCUT2D eigenvalue weighted by Gasteiger charge is 2.52. The van der Waals surface area contributed by atoms with Gasteiger partial charge in [-0.1, -0.05) is 19.6 Å². The molecule has 200 valence electrons. The van der Waals surface area contributed by atoms with Crippen LogP contribution in [0.1, 0.15) is 67.4 Å². The van der Waals surface area contributed by atoms with Crippen molar-refractivity contribution in [1.82, 2.24) is 20.2 Å². The summed E-state index contributed by atoms with van der Waals surface area (Å²) in [7, 11) is 0. The van der Waals surface area contributed by atoms with E-state index in [2.05, 4.69) is 26.5 Å². The van der Waals surface area contributed by atoms with E-state index in [0.29, 0.717) is 48.1 Å². The van der Waals surface area contributed by atoms with Crippen LogP contribution in [0.3, 0.4) is 0 Å². The molecule has 3 aromatic rings. The maximum Gasteiger partial charge on any atom is 0.196 e. The highest BCUT2D eigenvalue weighted by molar-refractivity contribution is 7.99. The number of benzene rings is 1. The topological polar surface area (TPSA) is 107 Å². The second-order valence-electron chi connectivity index (χ2n) is 10.9. The average Bonchev–Trinajstić information content (AvgIpc) is 3.71. The van der Waals surface area contributed by atoms with Crippen LogP contribution in [-0.2, 0) is 11.2 Å². The van der Waals surface area contributed by atoms with Crippen molar-refractivity contribution >= 4 is 35.0 Å². The summed E-state index contributed by atoms with van der Waals surface area (Å²) >= 11 is 1.50. The lowest BCUT2D eigenvalue weighted by molar-refractivity contribution is -0.119. The molecule has 3 heterocycles. The Morgan fingerprint density at radius 2 is 1.84 bits per heavy atom. The predicted octanol–water partition coefficient (Wildman–Crippen LogP) is 5.83. The van der Waals surface area contributed by atoms with Gasteiger partial charge in [0.2, 0.25) is 0 Å². The fraction of sp³-hybridized carbons (Fsp3) is 0.500. The van der Waals surface area contributed by atoms with Crippen molar-refractivity contribution in [2.75, 3.05) is 23.3 Å². The van der Waals surface area contributed by atoms with Crippen LogP contribution in [0.4, 0.5) is 17.5 Å². The van der Waals surface area contributed by atoms with E-state index >= 15 is 0 Å². The number of H-pyrrole nitrogens is 1. The van der Waals surface area contributed by atoms with E-state index in [1.165, 1.54) is 30.3 Å². The van der Waals surface area contributed by atoms with Gasteiger partial charge in [-0.2, -0.15) is 5.10 Å². The van der Waals surface area contributed by atoms with Gasteiger partial charge in [0.25, 0.3) is 0 Å². The van der Waals surface area contributed by atoms with E-state index < -0.39 is 5.60 Å². The zero-order valence-corrected chi connectivity index (χ0v) is 20.9. The summed E-state index contributed by atoms with van der Waals surface area (Å²) in [5, 5.41) is 22.4. The number of nitrogens with zero attached hydrogens (tertiary/aromatic N) is 4. The molecule has 0 spiro atoms. The van der Waals surface area contributed by atoms with E-state index in [0.717, 1.165) is 47.8 Å². The van der Waals surface area contributed by atoms with Crippen LogP contribution in [0.5, 0.6) is 0 Å². The Morgan fingerprint density at radius 3 is 2.51 bits per heavy atom. The molecule has 1 aromatic carbocycles. The summed E-state index contributed by atoms with van der Waals surface area (Å²) in [5.41, 5.74) is 1.64.